The molecule has 0 aliphatic carbocycles. The monoisotopic (exact) mass is 218 g/mol. The molecule has 0 atom stereocenters. The third kappa shape index (κ3) is 2.28. The van der Waals surface area contributed by atoms with Crippen LogP contribution in [0.2, 0.25) is 0 Å². The average molecular weight is 218 g/mol. The minimum atomic E-state index is 0.459. The quantitative estimate of drug-likeness (QED) is 0.793. The zero-order chi connectivity index (χ0) is 11.5. The first-order chi connectivity index (χ1) is 7.65. The minimum Gasteiger partial charge on any atom is -0.384 e. The van der Waals surface area contributed by atoms with Crippen molar-refractivity contribution in [2.45, 2.75) is 13.5 Å². The molecule has 0 saturated carbocycles. The number of nitrogens with two attached hydrogens (primary N) is 1. The maximum atomic E-state index is 5.55. The molecule has 2 heterocycles. The van der Waals surface area contributed by atoms with Gasteiger partial charge < -0.3 is 11.1 Å². The number of aryl methyl sites for hydroxylation is 2. The van der Waals surface area contributed by atoms with E-state index in [0.717, 1.165) is 11.3 Å². The third-order valence-corrected chi connectivity index (χ3v) is 2.23. The normalized spacial score (nSPS) is 10.4. The lowest BCUT2D eigenvalue weighted by molar-refractivity contribution is 0.756. The number of aromatic nitrogens is 4. The first-order valence-electron chi connectivity index (χ1n) is 4.96. The molecule has 0 saturated heterocycles. The molecule has 0 aliphatic heterocycles. The molecule has 0 aliphatic rings. The van der Waals surface area contributed by atoms with E-state index in [4.69, 9.17) is 5.73 Å². The molecule has 0 bridgehead atoms. The van der Waals surface area contributed by atoms with E-state index in [1.165, 1.54) is 0 Å². The van der Waals surface area contributed by atoms with E-state index in [1.54, 1.807) is 16.9 Å². The van der Waals surface area contributed by atoms with Gasteiger partial charge in [0.2, 0.25) is 5.95 Å². The van der Waals surface area contributed by atoms with Crippen LogP contribution in [0, 0.1) is 6.92 Å². The van der Waals surface area contributed by atoms with Gasteiger partial charge in [-0.15, -0.1) is 0 Å². The molecule has 0 radical (unpaired) electrons. The van der Waals surface area contributed by atoms with Gasteiger partial charge in [-0.05, 0) is 13.0 Å². The van der Waals surface area contributed by atoms with Crippen molar-refractivity contribution in [3.05, 3.63) is 29.7 Å². The molecule has 2 aromatic rings. The maximum absolute atomic E-state index is 5.55. The summed E-state index contributed by atoms with van der Waals surface area (Å²) in [4.78, 5) is 8.11. The van der Waals surface area contributed by atoms with Crippen molar-refractivity contribution in [3.63, 3.8) is 0 Å². The Bertz CT molecular complexity index is 490. The Labute approximate surface area is 93.5 Å². The number of rotatable bonds is 3. The number of nitrogen functional groups attached to an aromatic ring is 1. The van der Waals surface area contributed by atoms with Crippen LogP contribution in [0.5, 0.6) is 0 Å². The van der Waals surface area contributed by atoms with E-state index in [9.17, 15) is 0 Å². The van der Waals surface area contributed by atoms with E-state index in [1.807, 2.05) is 20.2 Å². The largest absolute Gasteiger partial charge is 0.384 e. The summed E-state index contributed by atoms with van der Waals surface area (Å²) in [5.74, 6) is 0.990. The second kappa shape index (κ2) is 4.18. The number of nitrogens with one attached hydrogen (secondary N) is 1. The van der Waals surface area contributed by atoms with Gasteiger partial charge in [0.25, 0.3) is 0 Å². The van der Waals surface area contributed by atoms with Crippen molar-refractivity contribution in [2.24, 2.45) is 7.05 Å². The summed E-state index contributed by atoms with van der Waals surface area (Å²) in [5.41, 5.74) is 7.67. The van der Waals surface area contributed by atoms with E-state index < -0.39 is 0 Å². The lowest BCUT2D eigenvalue weighted by atomic mass is 10.3. The van der Waals surface area contributed by atoms with E-state index in [-0.39, 0.29) is 0 Å². The van der Waals surface area contributed by atoms with Gasteiger partial charge in [-0.3, -0.25) is 4.68 Å². The highest BCUT2D eigenvalue weighted by Crippen LogP contribution is 2.08. The Balaban J connectivity index is 2.05. The standard InChI is InChI=1S/C10H14N6/c1-7-8(6-16(2)15-7)5-13-10-12-4-3-9(11)14-10/h3-4,6H,5H2,1-2H3,(H3,11,12,13,14). The summed E-state index contributed by atoms with van der Waals surface area (Å²) < 4.78 is 1.78. The molecule has 0 spiro atoms. The van der Waals surface area contributed by atoms with E-state index >= 15 is 0 Å². The van der Waals surface area contributed by atoms with Gasteiger partial charge in [0.1, 0.15) is 5.82 Å². The Morgan fingerprint density at radius 3 is 2.94 bits per heavy atom. The molecule has 6 nitrogen and oxygen atoms in total. The average Bonchev–Trinajstić information content (AvgIpc) is 2.54. The van der Waals surface area contributed by atoms with Gasteiger partial charge in [-0.2, -0.15) is 10.1 Å². The van der Waals surface area contributed by atoms with Crippen LogP contribution >= 0.6 is 0 Å². The van der Waals surface area contributed by atoms with Crippen LogP contribution in [0.15, 0.2) is 18.5 Å². The molecule has 0 unspecified atom stereocenters. The van der Waals surface area contributed by atoms with Crippen molar-refractivity contribution >= 4 is 11.8 Å². The third-order valence-electron chi connectivity index (χ3n) is 2.23. The second-order valence-electron chi connectivity index (χ2n) is 3.57. The van der Waals surface area contributed by atoms with Crippen LogP contribution in [0.3, 0.4) is 0 Å². The highest BCUT2D eigenvalue weighted by Gasteiger charge is 2.03. The van der Waals surface area contributed by atoms with Gasteiger partial charge in [-0.25, -0.2) is 4.98 Å². The number of anilines is 2. The summed E-state index contributed by atoms with van der Waals surface area (Å²) in [6.45, 7) is 2.61. The molecule has 2 aromatic heterocycles. The summed E-state index contributed by atoms with van der Waals surface area (Å²) in [7, 11) is 1.90. The van der Waals surface area contributed by atoms with Crippen molar-refractivity contribution in [1.29, 1.82) is 0 Å². The van der Waals surface area contributed by atoms with Gasteiger partial charge in [0.15, 0.2) is 0 Å². The lowest BCUT2D eigenvalue weighted by Crippen LogP contribution is -2.05. The van der Waals surface area contributed by atoms with Crippen molar-refractivity contribution < 1.29 is 0 Å². The van der Waals surface area contributed by atoms with Gasteiger partial charge >= 0.3 is 0 Å². The molecule has 6 heteroatoms. The highest BCUT2D eigenvalue weighted by molar-refractivity contribution is 5.35. The lowest BCUT2D eigenvalue weighted by Gasteiger charge is -2.03. The number of hydrogen-bond acceptors (Lipinski definition) is 5. The predicted molar refractivity (Wildman–Crippen MR) is 61.7 cm³/mol. The molecule has 3 N–H and O–H groups in total. The van der Waals surface area contributed by atoms with Gasteiger partial charge in [0.05, 0.1) is 5.69 Å². The van der Waals surface area contributed by atoms with Crippen LogP contribution in [0.25, 0.3) is 0 Å². The molecular weight excluding hydrogens is 204 g/mol. The van der Waals surface area contributed by atoms with Crippen LogP contribution in [-0.2, 0) is 13.6 Å². The van der Waals surface area contributed by atoms with E-state index in [2.05, 4.69) is 20.4 Å². The summed E-state index contributed by atoms with van der Waals surface area (Å²) in [5, 5.41) is 7.35. The molecule has 0 fully saturated rings. The molecule has 0 aromatic carbocycles. The highest BCUT2D eigenvalue weighted by atomic mass is 15.3. The smallest absolute Gasteiger partial charge is 0.224 e. The zero-order valence-corrected chi connectivity index (χ0v) is 9.31. The number of nitrogens with zero attached hydrogens (tertiary/aromatic N) is 4. The summed E-state index contributed by atoms with van der Waals surface area (Å²) in [6, 6.07) is 1.65. The molecule has 0 amide bonds. The molecular formula is C10H14N6. The first-order valence-corrected chi connectivity index (χ1v) is 4.96. The SMILES string of the molecule is Cc1nn(C)cc1CNc1nccc(N)n1. The minimum absolute atomic E-state index is 0.459. The van der Waals surface area contributed by atoms with Crippen molar-refractivity contribution in [3.8, 4) is 0 Å². The fraction of sp³-hybridized carbons (Fsp3) is 0.300. The van der Waals surface area contributed by atoms with Crippen LogP contribution in [-0.4, -0.2) is 19.7 Å². The van der Waals surface area contributed by atoms with Crippen LogP contribution in [0.4, 0.5) is 11.8 Å². The zero-order valence-electron chi connectivity index (χ0n) is 9.31. The predicted octanol–water partition coefficient (Wildman–Crippen LogP) is 0.713. The van der Waals surface area contributed by atoms with Crippen LogP contribution in [0.1, 0.15) is 11.3 Å². The van der Waals surface area contributed by atoms with Crippen molar-refractivity contribution in [1.82, 2.24) is 19.7 Å². The molecule has 84 valence electrons. The topological polar surface area (TPSA) is 81.7 Å². The van der Waals surface area contributed by atoms with E-state index in [0.29, 0.717) is 18.3 Å². The van der Waals surface area contributed by atoms with Gasteiger partial charge in [0, 0.05) is 31.5 Å². The van der Waals surface area contributed by atoms with Crippen LogP contribution < -0.4 is 11.1 Å². The Morgan fingerprint density at radius 2 is 2.31 bits per heavy atom. The molecule has 2 rings (SSSR count). The maximum Gasteiger partial charge on any atom is 0.224 e. The first kappa shape index (κ1) is 10.4. The Morgan fingerprint density at radius 1 is 1.50 bits per heavy atom. The second-order valence-corrected chi connectivity index (χ2v) is 3.57. The fourth-order valence-corrected chi connectivity index (χ4v) is 1.45. The Kier molecular flexibility index (Phi) is 2.72. The molecule has 16 heavy (non-hydrogen) atoms. The number of hydrogen-bond donors (Lipinski definition) is 2. The Hall–Kier alpha value is -2.11. The van der Waals surface area contributed by atoms with Crippen molar-refractivity contribution in [2.75, 3.05) is 11.1 Å². The van der Waals surface area contributed by atoms with Gasteiger partial charge in [-0.1, -0.05) is 0 Å². The summed E-state index contributed by atoms with van der Waals surface area (Å²) in [6.07, 6.45) is 3.59. The summed E-state index contributed by atoms with van der Waals surface area (Å²) >= 11 is 0. The fourth-order valence-electron chi connectivity index (χ4n) is 1.45.